The number of amides is 2. The van der Waals surface area contributed by atoms with E-state index in [0.29, 0.717) is 32.9 Å². The van der Waals surface area contributed by atoms with Crippen LogP contribution in [0.15, 0.2) is 30.3 Å². The lowest BCUT2D eigenvalue weighted by Gasteiger charge is -2.14. The molecule has 0 spiro atoms. The molecule has 0 aromatic heterocycles. The minimum absolute atomic E-state index is 0.0203. The number of hydrazine groups is 1. The summed E-state index contributed by atoms with van der Waals surface area (Å²) in [6.07, 6.45) is 0.0203. The fourth-order valence-electron chi connectivity index (χ4n) is 2.29. The highest BCUT2D eigenvalue weighted by Gasteiger charge is 2.17. The normalized spacial score (nSPS) is 10.1. The molecule has 27 heavy (non-hydrogen) atoms. The van der Waals surface area contributed by atoms with Gasteiger partial charge in [0, 0.05) is 5.56 Å². The Kier molecular flexibility index (Phi) is 7.15. The van der Waals surface area contributed by atoms with Crippen LogP contribution >= 0.6 is 23.2 Å². The van der Waals surface area contributed by atoms with E-state index in [-0.39, 0.29) is 12.0 Å². The van der Waals surface area contributed by atoms with Crippen molar-refractivity contribution in [1.82, 2.24) is 10.9 Å². The monoisotopic (exact) mass is 412 g/mol. The van der Waals surface area contributed by atoms with Gasteiger partial charge < -0.3 is 14.2 Å². The maximum atomic E-state index is 12.3. The van der Waals surface area contributed by atoms with E-state index in [9.17, 15) is 9.59 Å². The Bertz CT molecular complexity index is 833. The SMILES string of the molecule is COc1cc(C(=O)NNC(=O)Cc2ccc(Cl)c(Cl)c2)cc(OC)c1OC. The highest BCUT2D eigenvalue weighted by Crippen LogP contribution is 2.38. The summed E-state index contributed by atoms with van der Waals surface area (Å²) in [5, 5.41) is 0.750. The predicted molar refractivity (Wildman–Crippen MR) is 102 cm³/mol. The Hall–Kier alpha value is -2.64. The Balaban J connectivity index is 2.04. The lowest BCUT2D eigenvalue weighted by molar-refractivity contribution is -0.121. The zero-order valence-corrected chi connectivity index (χ0v) is 16.4. The minimum Gasteiger partial charge on any atom is -0.493 e. The number of benzene rings is 2. The predicted octanol–water partition coefficient (Wildman–Crippen LogP) is 3.02. The summed E-state index contributed by atoms with van der Waals surface area (Å²) in [6.45, 7) is 0. The third kappa shape index (κ3) is 5.18. The molecule has 7 nitrogen and oxygen atoms in total. The summed E-state index contributed by atoms with van der Waals surface area (Å²) < 4.78 is 15.6. The fourth-order valence-corrected chi connectivity index (χ4v) is 2.61. The van der Waals surface area contributed by atoms with E-state index >= 15 is 0 Å². The van der Waals surface area contributed by atoms with Crippen LogP contribution in [0.2, 0.25) is 10.0 Å². The minimum atomic E-state index is -0.545. The summed E-state index contributed by atoms with van der Waals surface area (Å²) in [4.78, 5) is 24.3. The van der Waals surface area contributed by atoms with E-state index in [1.807, 2.05) is 0 Å². The van der Waals surface area contributed by atoms with E-state index in [4.69, 9.17) is 37.4 Å². The number of hydrogen-bond acceptors (Lipinski definition) is 5. The fraction of sp³-hybridized carbons (Fsp3) is 0.222. The van der Waals surface area contributed by atoms with Crippen LogP contribution in [0.1, 0.15) is 15.9 Å². The van der Waals surface area contributed by atoms with Crippen LogP contribution in [0.5, 0.6) is 17.2 Å². The highest BCUT2D eigenvalue weighted by molar-refractivity contribution is 6.42. The number of methoxy groups -OCH3 is 3. The van der Waals surface area contributed by atoms with Gasteiger partial charge in [0.25, 0.3) is 5.91 Å². The average Bonchev–Trinajstić information content (AvgIpc) is 2.67. The van der Waals surface area contributed by atoms with Crippen LogP contribution in [0.25, 0.3) is 0 Å². The molecule has 0 aliphatic heterocycles. The molecule has 0 unspecified atom stereocenters. The Morgan fingerprint density at radius 2 is 1.52 bits per heavy atom. The molecule has 0 heterocycles. The van der Waals surface area contributed by atoms with Gasteiger partial charge in [-0.25, -0.2) is 0 Å². The molecule has 2 rings (SSSR count). The number of hydrogen-bond donors (Lipinski definition) is 2. The van der Waals surface area contributed by atoms with Gasteiger partial charge in [-0.1, -0.05) is 29.3 Å². The second-order valence-corrected chi connectivity index (χ2v) is 6.16. The van der Waals surface area contributed by atoms with Crippen molar-refractivity contribution < 1.29 is 23.8 Å². The first-order chi connectivity index (χ1) is 12.9. The van der Waals surface area contributed by atoms with Crippen LogP contribution in [-0.2, 0) is 11.2 Å². The molecule has 0 fully saturated rings. The maximum absolute atomic E-state index is 12.3. The summed E-state index contributed by atoms with van der Waals surface area (Å²) in [7, 11) is 4.35. The lowest BCUT2D eigenvalue weighted by Crippen LogP contribution is -2.42. The second-order valence-electron chi connectivity index (χ2n) is 5.34. The first-order valence-corrected chi connectivity index (χ1v) is 8.48. The molecule has 0 atom stereocenters. The molecule has 0 bridgehead atoms. The molecular weight excluding hydrogens is 395 g/mol. The van der Waals surface area contributed by atoms with Crippen LogP contribution in [0, 0.1) is 0 Å². The summed E-state index contributed by atoms with van der Waals surface area (Å²) in [5.41, 5.74) is 5.55. The number of nitrogens with one attached hydrogen (secondary N) is 2. The van der Waals surface area contributed by atoms with Crippen molar-refractivity contribution >= 4 is 35.0 Å². The van der Waals surface area contributed by atoms with Crippen LogP contribution in [0.4, 0.5) is 0 Å². The number of halogens is 2. The van der Waals surface area contributed by atoms with Gasteiger partial charge in [0.05, 0.1) is 37.8 Å². The van der Waals surface area contributed by atoms with Crippen molar-refractivity contribution in [1.29, 1.82) is 0 Å². The molecule has 2 N–H and O–H groups in total. The standard InChI is InChI=1S/C18H18Cl2N2O5/c1-25-14-8-11(9-15(26-2)17(14)27-3)18(24)22-21-16(23)7-10-4-5-12(19)13(20)6-10/h4-6,8-9H,7H2,1-3H3,(H,21,23)(H,22,24). The largest absolute Gasteiger partial charge is 0.493 e. The van der Waals surface area contributed by atoms with Crippen molar-refractivity contribution in [2.45, 2.75) is 6.42 Å². The number of ether oxygens (including phenoxy) is 3. The Labute approximate surface area is 166 Å². The molecule has 9 heteroatoms. The molecule has 0 aliphatic carbocycles. The Morgan fingerprint density at radius 1 is 0.889 bits per heavy atom. The average molecular weight is 413 g/mol. The van der Waals surface area contributed by atoms with E-state index in [1.54, 1.807) is 18.2 Å². The lowest BCUT2D eigenvalue weighted by atomic mass is 10.1. The van der Waals surface area contributed by atoms with Crippen molar-refractivity contribution in [2.75, 3.05) is 21.3 Å². The zero-order chi connectivity index (χ0) is 20.0. The smallest absolute Gasteiger partial charge is 0.269 e. The van der Waals surface area contributed by atoms with Crippen molar-refractivity contribution in [3.8, 4) is 17.2 Å². The topological polar surface area (TPSA) is 85.9 Å². The highest BCUT2D eigenvalue weighted by atomic mass is 35.5. The number of rotatable bonds is 6. The number of carbonyl (C=O) groups excluding carboxylic acids is 2. The third-order valence-electron chi connectivity index (χ3n) is 3.59. The van der Waals surface area contributed by atoms with Crippen LogP contribution in [-0.4, -0.2) is 33.1 Å². The molecule has 0 saturated carbocycles. The molecule has 2 aromatic carbocycles. The van der Waals surface area contributed by atoms with E-state index in [1.165, 1.54) is 33.5 Å². The van der Waals surface area contributed by atoms with E-state index in [0.717, 1.165) is 0 Å². The van der Waals surface area contributed by atoms with Crippen LogP contribution < -0.4 is 25.1 Å². The molecule has 0 saturated heterocycles. The van der Waals surface area contributed by atoms with Gasteiger partial charge in [-0.15, -0.1) is 0 Å². The van der Waals surface area contributed by atoms with Gasteiger partial charge in [0.15, 0.2) is 11.5 Å². The quantitative estimate of drug-likeness (QED) is 0.712. The molecule has 2 amide bonds. The van der Waals surface area contributed by atoms with Gasteiger partial charge in [-0.2, -0.15) is 0 Å². The van der Waals surface area contributed by atoms with Crippen LogP contribution in [0.3, 0.4) is 0 Å². The van der Waals surface area contributed by atoms with Gasteiger partial charge in [-0.3, -0.25) is 20.4 Å². The van der Waals surface area contributed by atoms with Gasteiger partial charge in [0.2, 0.25) is 11.7 Å². The summed E-state index contributed by atoms with van der Waals surface area (Å²) >= 11 is 11.8. The maximum Gasteiger partial charge on any atom is 0.269 e. The third-order valence-corrected chi connectivity index (χ3v) is 4.33. The second kappa shape index (κ2) is 9.34. The first-order valence-electron chi connectivity index (χ1n) is 7.72. The first kappa shape index (κ1) is 20.7. The van der Waals surface area contributed by atoms with Gasteiger partial charge in [0.1, 0.15) is 0 Å². The summed E-state index contributed by atoms with van der Waals surface area (Å²) in [6, 6.07) is 7.81. The summed E-state index contributed by atoms with van der Waals surface area (Å²) in [5.74, 6) is 0.0411. The van der Waals surface area contributed by atoms with Gasteiger partial charge in [-0.05, 0) is 29.8 Å². The molecule has 0 radical (unpaired) electrons. The Morgan fingerprint density at radius 3 is 2.04 bits per heavy atom. The number of carbonyl (C=O) groups is 2. The van der Waals surface area contributed by atoms with Crippen molar-refractivity contribution in [3.63, 3.8) is 0 Å². The molecule has 2 aromatic rings. The van der Waals surface area contributed by atoms with Gasteiger partial charge >= 0.3 is 0 Å². The van der Waals surface area contributed by atoms with E-state index in [2.05, 4.69) is 10.9 Å². The zero-order valence-electron chi connectivity index (χ0n) is 14.9. The van der Waals surface area contributed by atoms with Crippen molar-refractivity contribution in [2.24, 2.45) is 0 Å². The molecular formula is C18H18Cl2N2O5. The van der Waals surface area contributed by atoms with E-state index < -0.39 is 11.8 Å². The van der Waals surface area contributed by atoms with Crippen molar-refractivity contribution in [3.05, 3.63) is 51.5 Å². The molecule has 144 valence electrons. The molecule has 0 aliphatic rings.